The summed E-state index contributed by atoms with van der Waals surface area (Å²) in [6.45, 7) is 4.34. The quantitative estimate of drug-likeness (QED) is 0.445. The van der Waals surface area contributed by atoms with Crippen molar-refractivity contribution in [1.82, 2.24) is 14.7 Å². The summed E-state index contributed by atoms with van der Waals surface area (Å²) in [5.41, 5.74) is 10.2. The van der Waals surface area contributed by atoms with E-state index in [1.807, 2.05) is 32.2 Å². The number of hydrogen-bond acceptors (Lipinski definition) is 7. The Labute approximate surface area is 200 Å². The molecule has 1 fully saturated rings. The molecule has 5 rings (SSSR count). The first-order valence-corrected chi connectivity index (χ1v) is 13.2. The van der Waals surface area contributed by atoms with Crippen molar-refractivity contribution in [2.75, 3.05) is 19.0 Å². The van der Waals surface area contributed by atoms with Crippen LogP contribution in [0.15, 0.2) is 41.7 Å². The van der Waals surface area contributed by atoms with Crippen LogP contribution in [0.1, 0.15) is 67.9 Å². The number of anilines is 1. The standard InChI is InChI=1S/C25H31N5O3S/c1-14(2)10-29-34(31,32)24-8-19-21(26)9-23(30-16-6-17(33-3)12-27-11-16)25(19)20-13-28-22(7-18(20)24)15-4-5-15/h6-8,11-15,21,23,29-30H,4-5,9-10,26H2,1-3H3/t21-,23+/m1/s1. The normalized spacial score (nSPS) is 20.0. The van der Waals surface area contributed by atoms with Gasteiger partial charge in [0, 0.05) is 47.2 Å². The van der Waals surface area contributed by atoms with Crippen molar-refractivity contribution in [3.8, 4) is 5.75 Å². The number of ether oxygens (including phenoxy) is 1. The summed E-state index contributed by atoms with van der Waals surface area (Å²) in [5.74, 6) is 1.27. The molecule has 2 heterocycles. The molecule has 0 bridgehead atoms. The summed E-state index contributed by atoms with van der Waals surface area (Å²) in [6, 6.07) is 5.22. The maximum atomic E-state index is 13.4. The smallest absolute Gasteiger partial charge is 0.241 e. The number of methoxy groups -OCH3 is 1. The van der Waals surface area contributed by atoms with E-state index < -0.39 is 10.0 Å². The monoisotopic (exact) mass is 481 g/mol. The fourth-order valence-corrected chi connectivity index (χ4v) is 6.11. The number of hydrogen-bond donors (Lipinski definition) is 3. The van der Waals surface area contributed by atoms with Crippen molar-refractivity contribution in [3.05, 3.63) is 53.6 Å². The van der Waals surface area contributed by atoms with Gasteiger partial charge in [-0.2, -0.15) is 0 Å². The van der Waals surface area contributed by atoms with Gasteiger partial charge in [-0.15, -0.1) is 0 Å². The summed E-state index contributed by atoms with van der Waals surface area (Å²) in [7, 11) is -2.11. The lowest BCUT2D eigenvalue weighted by atomic mass is 9.98. The molecule has 2 aromatic heterocycles. The largest absolute Gasteiger partial charge is 0.495 e. The van der Waals surface area contributed by atoms with Crippen LogP contribution in [0.25, 0.3) is 10.8 Å². The topological polar surface area (TPSA) is 119 Å². The van der Waals surface area contributed by atoms with Gasteiger partial charge < -0.3 is 15.8 Å². The molecule has 0 spiro atoms. The minimum Gasteiger partial charge on any atom is -0.495 e. The number of nitrogens with one attached hydrogen (secondary N) is 2. The molecule has 4 N–H and O–H groups in total. The summed E-state index contributed by atoms with van der Waals surface area (Å²) in [6.07, 6.45) is 8.05. The Hall–Kier alpha value is -2.75. The Bertz CT molecular complexity index is 1340. The zero-order valence-electron chi connectivity index (χ0n) is 19.7. The number of sulfonamides is 1. The fourth-order valence-electron chi connectivity index (χ4n) is 4.66. The molecule has 2 atom stereocenters. The van der Waals surface area contributed by atoms with E-state index in [1.54, 1.807) is 25.6 Å². The number of rotatable bonds is 8. The lowest BCUT2D eigenvalue weighted by Crippen LogP contribution is -2.28. The zero-order chi connectivity index (χ0) is 24.0. The molecule has 34 heavy (non-hydrogen) atoms. The Morgan fingerprint density at radius 1 is 1.15 bits per heavy atom. The van der Waals surface area contributed by atoms with E-state index in [2.05, 4.69) is 15.0 Å². The molecule has 2 aliphatic rings. The molecule has 3 aromatic rings. The van der Waals surface area contributed by atoms with E-state index in [-0.39, 0.29) is 22.9 Å². The van der Waals surface area contributed by atoms with Crippen LogP contribution >= 0.6 is 0 Å². The highest BCUT2D eigenvalue weighted by atomic mass is 32.2. The number of benzene rings is 1. The van der Waals surface area contributed by atoms with E-state index in [0.29, 0.717) is 30.0 Å². The molecule has 0 saturated heterocycles. The van der Waals surface area contributed by atoms with E-state index in [4.69, 9.17) is 15.5 Å². The predicted molar refractivity (Wildman–Crippen MR) is 132 cm³/mol. The Morgan fingerprint density at radius 2 is 1.94 bits per heavy atom. The highest BCUT2D eigenvalue weighted by Crippen LogP contribution is 2.47. The summed E-state index contributed by atoms with van der Waals surface area (Å²) in [5, 5.41) is 5.06. The van der Waals surface area contributed by atoms with Gasteiger partial charge in [0.2, 0.25) is 10.0 Å². The first kappa shape index (κ1) is 23.0. The second-order valence-electron chi connectivity index (χ2n) is 9.70. The van der Waals surface area contributed by atoms with Crippen LogP contribution in [0, 0.1) is 5.92 Å². The maximum Gasteiger partial charge on any atom is 0.241 e. The first-order chi connectivity index (χ1) is 16.3. The lowest BCUT2D eigenvalue weighted by Gasteiger charge is -2.19. The highest BCUT2D eigenvalue weighted by molar-refractivity contribution is 7.89. The number of nitrogens with zero attached hydrogens (tertiary/aromatic N) is 2. The van der Waals surface area contributed by atoms with Gasteiger partial charge in [-0.05, 0) is 48.4 Å². The molecular weight excluding hydrogens is 450 g/mol. The minimum absolute atomic E-state index is 0.102. The van der Waals surface area contributed by atoms with Crippen molar-refractivity contribution in [2.24, 2.45) is 11.7 Å². The van der Waals surface area contributed by atoms with Crippen LogP contribution in [0.3, 0.4) is 0 Å². The third-order valence-corrected chi connectivity index (χ3v) is 8.04. The molecule has 0 unspecified atom stereocenters. The van der Waals surface area contributed by atoms with E-state index >= 15 is 0 Å². The molecule has 1 saturated carbocycles. The molecular formula is C25H31N5O3S. The number of aromatic nitrogens is 2. The second-order valence-corrected chi connectivity index (χ2v) is 11.4. The van der Waals surface area contributed by atoms with Crippen LogP contribution in [-0.4, -0.2) is 32.0 Å². The van der Waals surface area contributed by atoms with Gasteiger partial charge in [-0.25, -0.2) is 13.1 Å². The molecule has 9 heteroatoms. The maximum absolute atomic E-state index is 13.4. The average Bonchev–Trinajstić information content (AvgIpc) is 3.62. The molecule has 180 valence electrons. The van der Waals surface area contributed by atoms with Crippen molar-refractivity contribution >= 4 is 26.5 Å². The summed E-state index contributed by atoms with van der Waals surface area (Å²) < 4.78 is 34.9. The third-order valence-electron chi connectivity index (χ3n) is 6.57. The number of nitrogens with two attached hydrogens (primary N) is 1. The van der Waals surface area contributed by atoms with Crippen LogP contribution in [0.5, 0.6) is 5.75 Å². The Balaban J connectivity index is 1.64. The molecule has 2 aliphatic carbocycles. The van der Waals surface area contributed by atoms with Gasteiger partial charge in [-0.1, -0.05) is 13.8 Å². The van der Waals surface area contributed by atoms with Crippen LogP contribution in [0.2, 0.25) is 0 Å². The highest BCUT2D eigenvalue weighted by Gasteiger charge is 2.35. The summed E-state index contributed by atoms with van der Waals surface area (Å²) in [4.78, 5) is 9.24. The summed E-state index contributed by atoms with van der Waals surface area (Å²) >= 11 is 0. The second kappa shape index (κ2) is 8.79. The van der Waals surface area contributed by atoms with Crippen molar-refractivity contribution < 1.29 is 13.2 Å². The molecule has 0 aliphatic heterocycles. The Kier molecular flexibility index (Phi) is 5.95. The molecule has 8 nitrogen and oxygen atoms in total. The van der Waals surface area contributed by atoms with Crippen molar-refractivity contribution in [1.29, 1.82) is 0 Å². The number of pyridine rings is 2. The molecule has 0 amide bonds. The average molecular weight is 482 g/mol. The van der Waals surface area contributed by atoms with Gasteiger partial charge in [0.05, 0.1) is 36.1 Å². The van der Waals surface area contributed by atoms with Crippen molar-refractivity contribution in [2.45, 2.75) is 56.0 Å². The van der Waals surface area contributed by atoms with Gasteiger partial charge in [-0.3, -0.25) is 9.97 Å². The van der Waals surface area contributed by atoms with Crippen LogP contribution < -0.4 is 20.5 Å². The van der Waals surface area contributed by atoms with Gasteiger partial charge in [0.1, 0.15) is 5.75 Å². The molecule has 1 aromatic carbocycles. The van der Waals surface area contributed by atoms with Gasteiger partial charge in [0.15, 0.2) is 0 Å². The SMILES string of the molecule is COc1cncc(N[C@H]2C[C@@H](N)c3cc(S(=O)(=O)NCC(C)C)c4cc(C5CC5)ncc4c32)c1. The first-order valence-electron chi connectivity index (χ1n) is 11.7. The fraction of sp³-hybridized carbons (Fsp3) is 0.440. The lowest BCUT2D eigenvalue weighted by molar-refractivity contribution is 0.413. The van der Waals surface area contributed by atoms with E-state index in [1.165, 1.54) is 0 Å². The predicted octanol–water partition coefficient (Wildman–Crippen LogP) is 4.01. The van der Waals surface area contributed by atoms with Crippen molar-refractivity contribution in [3.63, 3.8) is 0 Å². The van der Waals surface area contributed by atoms with Crippen LogP contribution in [0.4, 0.5) is 5.69 Å². The number of fused-ring (bicyclic) bond motifs is 3. The van der Waals surface area contributed by atoms with E-state index in [9.17, 15) is 8.42 Å². The van der Waals surface area contributed by atoms with E-state index in [0.717, 1.165) is 40.7 Å². The Morgan fingerprint density at radius 3 is 2.65 bits per heavy atom. The zero-order valence-corrected chi connectivity index (χ0v) is 20.5. The van der Waals surface area contributed by atoms with Gasteiger partial charge >= 0.3 is 0 Å². The third kappa shape index (κ3) is 4.35. The molecule has 0 radical (unpaired) electrons. The minimum atomic E-state index is -3.71. The van der Waals surface area contributed by atoms with Gasteiger partial charge in [0.25, 0.3) is 0 Å². The van der Waals surface area contributed by atoms with Crippen LogP contribution in [-0.2, 0) is 10.0 Å².